The maximum absolute atomic E-state index is 8.44. The molecule has 0 bridgehead atoms. The van der Waals surface area contributed by atoms with Crippen LogP contribution in [0.1, 0.15) is 0 Å². The monoisotopic (exact) mass is 180 g/mol. The molecular formula is C4H2Cl2N2S. The predicted molar refractivity (Wildman–Crippen MR) is 39.9 cm³/mol. The summed E-state index contributed by atoms with van der Waals surface area (Å²) in [5.41, 5.74) is 0. The van der Waals surface area contributed by atoms with E-state index in [4.69, 9.17) is 28.5 Å². The number of rotatable bonds is 0. The van der Waals surface area contributed by atoms with Gasteiger partial charge in [0.15, 0.2) is 10.0 Å². The molecule has 0 radical (unpaired) electrons. The summed E-state index contributed by atoms with van der Waals surface area (Å²) in [6, 6.07) is 1.87. The van der Waals surface area contributed by atoms with Gasteiger partial charge in [-0.05, 0) is 11.9 Å². The molecule has 1 atom stereocenters. The van der Waals surface area contributed by atoms with E-state index >= 15 is 0 Å². The summed E-state index contributed by atoms with van der Waals surface area (Å²) in [6.07, 6.45) is 0. The Balaban J connectivity index is 2.86. The summed E-state index contributed by atoms with van der Waals surface area (Å²) in [6.45, 7) is 0. The summed E-state index contributed by atoms with van der Waals surface area (Å²) in [5.74, 6) is 0.448. The van der Waals surface area contributed by atoms with Crippen molar-refractivity contribution in [2.45, 2.75) is 4.87 Å². The number of hydrogen-bond acceptors (Lipinski definition) is 3. The Morgan fingerprint density at radius 2 is 2.56 bits per heavy atom. The SMILES string of the molecule is N#CC1(Cl)CSN=C1Cl. The van der Waals surface area contributed by atoms with Gasteiger partial charge in [-0.25, -0.2) is 4.40 Å². The smallest absolute Gasteiger partial charge is 0.194 e. The Morgan fingerprint density at radius 1 is 1.89 bits per heavy atom. The molecule has 0 saturated heterocycles. The van der Waals surface area contributed by atoms with Crippen molar-refractivity contribution in [3.05, 3.63) is 0 Å². The van der Waals surface area contributed by atoms with Gasteiger partial charge in [0.1, 0.15) is 0 Å². The number of hydrogen-bond donors (Lipinski definition) is 0. The molecule has 0 spiro atoms. The van der Waals surface area contributed by atoms with Gasteiger partial charge in [0, 0.05) is 0 Å². The molecule has 1 aliphatic heterocycles. The first-order valence-electron chi connectivity index (χ1n) is 2.15. The third-order valence-electron chi connectivity index (χ3n) is 0.912. The molecule has 0 N–H and O–H groups in total. The zero-order chi connectivity index (χ0) is 6.91. The quantitative estimate of drug-likeness (QED) is 0.421. The average Bonchev–Trinajstić information content (AvgIpc) is 2.15. The third kappa shape index (κ3) is 1.16. The standard InChI is InChI=1S/C4H2Cl2N2S/c5-3-4(6,1-7)2-9-8-3/h2H2. The van der Waals surface area contributed by atoms with Crippen LogP contribution in [0.5, 0.6) is 0 Å². The highest BCUT2D eigenvalue weighted by Gasteiger charge is 2.37. The minimum absolute atomic E-state index is 0.191. The van der Waals surface area contributed by atoms with Gasteiger partial charge in [-0.1, -0.05) is 23.2 Å². The molecule has 48 valence electrons. The summed E-state index contributed by atoms with van der Waals surface area (Å²) >= 11 is 12.4. The Labute approximate surface area is 67.0 Å². The fourth-order valence-electron chi connectivity index (χ4n) is 0.388. The van der Waals surface area contributed by atoms with Crippen LogP contribution in [0.15, 0.2) is 4.40 Å². The molecule has 1 heterocycles. The van der Waals surface area contributed by atoms with E-state index < -0.39 is 4.87 Å². The zero-order valence-electron chi connectivity index (χ0n) is 4.27. The van der Waals surface area contributed by atoms with Crippen LogP contribution in [0.25, 0.3) is 0 Å². The van der Waals surface area contributed by atoms with Crippen LogP contribution in [0, 0.1) is 11.3 Å². The van der Waals surface area contributed by atoms with Crippen molar-refractivity contribution in [2.24, 2.45) is 4.40 Å². The van der Waals surface area contributed by atoms with Crippen molar-refractivity contribution in [2.75, 3.05) is 5.75 Å². The molecule has 1 aliphatic rings. The predicted octanol–water partition coefficient (Wildman–Crippen LogP) is 1.79. The van der Waals surface area contributed by atoms with Crippen LogP contribution in [0.4, 0.5) is 0 Å². The molecular weight excluding hydrogens is 179 g/mol. The third-order valence-corrected chi connectivity index (χ3v) is 2.95. The van der Waals surface area contributed by atoms with Crippen LogP contribution >= 0.6 is 35.1 Å². The lowest BCUT2D eigenvalue weighted by Crippen LogP contribution is -2.25. The van der Waals surface area contributed by atoms with Crippen molar-refractivity contribution in [1.29, 1.82) is 5.26 Å². The average molecular weight is 181 g/mol. The van der Waals surface area contributed by atoms with E-state index in [2.05, 4.69) is 4.40 Å². The van der Waals surface area contributed by atoms with Crippen LogP contribution < -0.4 is 0 Å². The number of alkyl halides is 1. The van der Waals surface area contributed by atoms with Gasteiger partial charge < -0.3 is 0 Å². The minimum Gasteiger partial charge on any atom is -0.206 e. The van der Waals surface area contributed by atoms with E-state index in [9.17, 15) is 0 Å². The minimum atomic E-state index is -1.05. The van der Waals surface area contributed by atoms with Crippen LogP contribution in [0.2, 0.25) is 0 Å². The lowest BCUT2D eigenvalue weighted by molar-refractivity contribution is 1.12. The fourth-order valence-corrected chi connectivity index (χ4v) is 1.67. The van der Waals surface area contributed by atoms with Crippen molar-refractivity contribution in [1.82, 2.24) is 0 Å². The van der Waals surface area contributed by atoms with Crippen LogP contribution in [0.3, 0.4) is 0 Å². The van der Waals surface area contributed by atoms with Gasteiger partial charge in [-0.15, -0.1) is 0 Å². The number of nitriles is 1. The first-order valence-corrected chi connectivity index (χ1v) is 3.85. The van der Waals surface area contributed by atoms with Crippen molar-refractivity contribution >= 4 is 40.3 Å². The molecule has 9 heavy (non-hydrogen) atoms. The largest absolute Gasteiger partial charge is 0.206 e. The van der Waals surface area contributed by atoms with E-state index in [0.717, 1.165) is 0 Å². The second kappa shape index (κ2) is 2.37. The van der Waals surface area contributed by atoms with E-state index in [1.807, 2.05) is 6.07 Å². The summed E-state index contributed by atoms with van der Waals surface area (Å²) in [4.78, 5) is -1.05. The molecule has 0 amide bonds. The Bertz CT molecular complexity index is 197. The van der Waals surface area contributed by atoms with Crippen molar-refractivity contribution in [3.8, 4) is 6.07 Å². The van der Waals surface area contributed by atoms with Gasteiger partial charge in [0.05, 0.1) is 11.8 Å². The maximum Gasteiger partial charge on any atom is 0.194 e. The van der Waals surface area contributed by atoms with Gasteiger partial charge in [-0.3, -0.25) is 0 Å². The summed E-state index contributed by atoms with van der Waals surface area (Å²) < 4.78 is 3.70. The Kier molecular flexibility index (Phi) is 1.90. The van der Waals surface area contributed by atoms with E-state index in [-0.39, 0.29) is 5.17 Å². The number of nitrogens with zero attached hydrogens (tertiary/aromatic N) is 2. The molecule has 5 heteroatoms. The highest BCUT2D eigenvalue weighted by molar-refractivity contribution is 7.98. The molecule has 0 aromatic rings. The molecule has 0 fully saturated rings. The normalized spacial score (nSPS) is 33.7. The lowest BCUT2D eigenvalue weighted by Gasteiger charge is -2.05. The molecule has 0 aliphatic carbocycles. The van der Waals surface area contributed by atoms with Crippen molar-refractivity contribution < 1.29 is 0 Å². The molecule has 0 saturated carbocycles. The lowest BCUT2D eigenvalue weighted by atomic mass is 10.2. The van der Waals surface area contributed by atoms with Gasteiger partial charge in [0.25, 0.3) is 0 Å². The van der Waals surface area contributed by atoms with Gasteiger partial charge in [0.2, 0.25) is 0 Å². The fraction of sp³-hybridized carbons (Fsp3) is 0.500. The Hall–Kier alpha value is 0.0900. The first-order chi connectivity index (χ1) is 4.19. The second-order valence-corrected chi connectivity index (χ2v) is 3.30. The molecule has 0 aromatic carbocycles. The van der Waals surface area contributed by atoms with Gasteiger partial charge >= 0.3 is 0 Å². The van der Waals surface area contributed by atoms with E-state index in [0.29, 0.717) is 5.75 Å². The Morgan fingerprint density at radius 3 is 2.78 bits per heavy atom. The van der Waals surface area contributed by atoms with E-state index in [1.54, 1.807) is 0 Å². The number of halogens is 2. The topological polar surface area (TPSA) is 36.1 Å². The molecule has 2 nitrogen and oxygen atoms in total. The second-order valence-electron chi connectivity index (χ2n) is 1.57. The summed E-state index contributed by atoms with van der Waals surface area (Å²) in [7, 11) is 0. The summed E-state index contributed by atoms with van der Waals surface area (Å²) in [5, 5.41) is 8.63. The molecule has 1 rings (SSSR count). The highest BCUT2D eigenvalue weighted by Crippen LogP contribution is 2.32. The molecule has 0 aromatic heterocycles. The highest BCUT2D eigenvalue weighted by atomic mass is 35.5. The zero-order valence-corrected chi connectivity index (χ0v) is 6.59. The van der Waals surface area contributed by atoms with Gasteiger partial charge in [-0.2, -0.15) is 5.26 Å². The van der Waals surface area contributed by atoms with Crippen LogP contribution in [-0.2, 0) is 0 Å². The van der Waals surface area contributed by atoms with E-state index in [1.165, 1.54) is 11.9 Å². The van der Waals surface area contributed by atoms with Crippen LogP contribution in [-0.4, -0.2) is 15.8 Å². The van der Waals surface area contributed by atoms with Crippen molar-refractivity contribution in [3.63, 3.8) is 0 Å². The molecule has 1 unspecified atom stereocenters. The first kappa shape index (κ1) is 7.20. The maximum atomic E-state index is 8.44.